The van der Waals surface area contributed by atoms with Gasteiger partial charge in [-0.2, -0.15) is 5.26 Å². The third kappa shape index (κ3) is 2.41. The van der Waals surface area contributed by atoms with Gasteiger partial charge in [-0.1, -0.05) is 30.3 Å². The highest BCUT2D eigenvalue weighted by molar-refractivity contribution is 6.23. The molecule has 1 atom stereocenters. The summed E-state index contributed by atoms with van der Waals surface area (Å²) in [6, 6.07) is 16.1. The number of hydrogen-bond acceptors (Lipinski definition) is 7. The van der Waals surface area contributed by atoms with Crippen LogP contribution < -0.4 is 26.1 Å². The maximum atomic E-state index is 13.7. The first-order valence-corrected chi connectivity index (χ1v) is 11.5. The van der Waals surface area contributed by atoms with Crippen LogP contribution in [0, 0.1) is 18.3 Å². The number of benzene rings is 3. The number of nitrogens with zero attached hydrogens (tertiary/aromatic N) is 1. The number of amides is 1. The van der Waals surface area contributed by atoms with Gasteiger partial charge in [0.15, 0.2) is 5.75 Å². The summed E-state index contributed by atoms with van der Waals surface area (Å²) in [4.78, 5) is 29.1. The Morgan fingerprint density at radius 1 is 1.05 bits per heavy atom. The van der Waals surface area contributed by atoms with E-state index in [1.807, 2.05) is 31.2 Å². The van der Waals surface area contributed by atoms with Gasteiger partial charge in [-0.3, -0.25) is 4.79 Å². The second kappa shape index (κ2) is 6.92. The fourth-order valence-electron chi connectivity index (χ4n) is 5.88. The van der Waals surface area contributed by atoms with Crippen LogP contribution >= 0.6 is 0 Å². The van der Waals surface area contributed by atoms with Crippen molar-refractivity contribution in [1.29, 1.82) is 5.26 Å². The molecule has 0 fully saturated rings. The summed E-state index contributed by atoms with van der Waals surface area (Å²) in [7, 11) is 1.53. The molecule has 2 aliphatic heterocycles. The van der Waals surface area contributed by atoms with E-state index < -0.39 is 11.0 Å². The number of carbonyl (C=O) groups excluding carboxylic acids is 1. The molecular formula is C28H18N4O5. The van der Waals surface area contributed by atoms with Gasteiger partial charge >= 0.3 is 5.63 Å². The number of hydrogen-bond donors (Lipinski definition) is 3. The summed E-state index contributed by atoms with van der Waals surface area (Å²) in [6.07, 6.45) is 0. The number of anilines is 1. The van der Waals surface area contributed by atoms with Gasteiger partial charge < -0.3 is 29.9 Å². The minimum Gasteiger partial charge on any atom is -0.494 e. The number of H-pyrrole nitrogens is 1. The van der Waals surface area contributed by atoms with Crippen molar-refractivity contribution in [1.82, 2.24) is 4.98 Å². The molecule has 180 valence electrons. The minimum atomic E-state index is -1.47. The molecule has 2 aromatic heterocycles. The Kier molecular flexibility index (Phi) is 3.94. The molecule has 1 spiro atoms. The van der Waals surface area contributed by atoms with E-state index >= 15 is 0 Å². The first-order chi connectivity index (χ1) is 17.9. The lowest BCUT2D eigenvalue weighted by Gasteiger charge is -2.33. The minimum absolute atomic E-state index is 0.0264. The molecule has 1 unspecified atom stereocenters. The normalized spacial score (nSPS) is 18.1. The van der Waals surface area contributed by atoms with Crippen molar-refractivity contribution in [2.45, 2.75) is 12.3 Å². The molecule has 0 bridgehead atoms. The van der Waals surface area contributed by atoms with Crippen molar-refractivity contribution in [2.24, 2.45) is 5.73 Å². The molecule has 7 rings (SSSR count). The number of fused-ring (bicyclic) bond motifs is 10. The molecule has 0 saturated carbocycles. The Morgan fingerprint density at radius 3 is 2.65 bits per heavy atom. The van der Waals surface area contributed by atoms with Crippen LogP contribution in [0.1, 0.15) is 16.7 Å². The van der Waals surface area contributed by atoms with Crippen LogP contribution in [0.25, 0.3) is 32.8 Å². The summed E-state index contributed by atoms with van der Waals surface area (Å²) in [6.45, 7) is 1.84. The molecule has 4 heterocycles. The summed E-state index contributed by atoms with van der Waals surface area (Å²) >= 11 is 0. The molecule has 3 aromatic carbocycles. The van der Waals surface area contributed by atoms with Gasteiger partial charge in [0, 0.05) is 45.1 Å². The molecular weight excluding hydrogens is 472 g/mol. The van der Waals surface area contributed by atoms with Crippen LogP contribution in [0.5, 0.6) is 11.5 Å². The van der Waals surface area contributed by atoms with Gasteiger partial charge in [0.1, 0.15) is 28.4 Å². The molecule has 5 aromatic rings. The Morgan fingerprint density at radius 2 is 1.86 bits per heavy atom. The fraction of sp³-hybridized carbons (Fsp3) is 0.107. The number of nitrogens with two attached hydrogens (primary N) is 1. The molecule has 37 heavy (non-hydrogen) atoms. The van der Waals surface area contributed by atoms with Crippen molar-refractivity contribution >= 4 is 44.4 Å². The molecule has 2 aliphatic rings. The number of nitriles is 1. The van der Waals surface area contributed by atoms with E-state index in [4.69, 9.17) is 19.6 Å². The summed E-state index contributed by atoms with van der Waals surface area (Å²) in [5.74, 6) is 0.278. The van der Waals surface area contributed by atoms with Crippen LogP contribution in [0.2, 0.25) is 0 Å². The Hall–Kier alpha value is -5.23. The highest BCUT2D eigenvalue weighted by Crippen LogP contribution is 2.55. The lowest BCUT2D eigenvalue weighted by atomic mass is 9.68. The number of methoxy groups -OCH3 is 1. The Bertz CT molecular complexity index is 2010. The smallest absolute Gasteiger partial charge is 0.336 e. The first-order valence-electron chi connectivity index (χ1n) is 11.5. The zero-order valence-corrected chi connectivity index (χ0v) is 19.7. The van der Waals surface area contributed by atoms with Gasteiger partial charge in [-0.25, -0.2) is 4.79 Å². The van der Waals surface area contributed by atoms with Gasteiger partial charge in [0.25, 0.3) is 0 Å². The fourth-order valence-corrected chi connectivity index (χ4v) is 5.88. The maximum Gasteiger partial charge on any atom is 0.336 e. The number of aromatic nitrogens is 1. The predicted molar refractivity (Wildman–Crippen MR) is 136 cm³/mol. The van der Waals surface area contributed by atoms with E-state index in [2.05, 4.69) is 16.4 Å². The average Bonchev–Trinajstić information content (AvgIpc) is 3.40. The molecule has 9 heteroatoms. The first kappa shape index (κ1) is 21.1. The summed E-state index contributed by atoms with van der Waals surface area (Å²) in [5, 5.41) is 15.3. The number of para-hydroxylation sites is 1. The number of aromatic amines is 1. The predicted octanol–water partition coefficient (Wildman–Crippen LogP) is 4.07. The Labute approximate surface area is 208 Å². The van der Waals surface area contributed by atoms with Crippen LogP contribution in [-0.4, -0.2) is 18.0 Å². The number of rotatable bonds is 1. The van der Waals surface area contributed by atoms with E-state index in [9.17, 15) is 14.9 Å². The van der Waals surface area contributed by atoms with Gasteiger partial charge in [0.05, 0.1) is 18.1 Å². The third-order valence-electron chi connectivity index (χ3n) is 7.36. The molecule has 9 nitrogen and oxygen atoms in total. The van der Waals surface area contributed by atoms with E-state index in [1.54, 1.807) is 18.2 Å². The van der Waals surface area contributed by atoms with Gasteiger partial charge in [0.2, 0.25) is 11.8 Å². The van der Waals surface area contributed by atoms with Crippen molar-refractivity contribution in [3.05, 3.63) is 87.1 Å². The van der Waals surface area contributed by atoms with Crippen LogP contribution in [0.4, 0.5) is 5.69 Å². The zero-order valence-electron chi connectivity index (χ0n) is 19.7. The number of aryl methyl sites for hydroxylation is 1. The van der Waals surface area contributed by atoms with E-state index in [-0.39, 0.29) is 17.4 Å². The van der Waals surface area contributed by atoms with Crippen molar-refractivity contribution in [3.8, 4) is 17.6 Å². The number of nitrogens with one attached hydrogen (secondary N) is 2. The second-order valence-electron chi connectivity index (χ2n) is 9.14. The standard InChI is InChI=1S/C28H18N4O5/c1-12-9-20(33)36-18-10-19(35-2)24-22(21(12)18)13-7-8-15-25(23(13)32-24)37-26(30)16(11-29)28(15)14-5-3-4-6-17(14)31-27(28)34/h3-10,32H,30H2,1-2H3,(H,31,34). The molecule has 0 saturated heterocycles. The van der Waals surface area contributed by atoms with Crippen molar-refractivity contribution in [2.75, 3.05) is 12.4 Å². The number of carbonyl (C=O) groups is 1. The quantitative estimate of drug-likeness (QED) is 0.301. The summed E-state index contributed by atoms with van der Waals surface area (Å²) < 4.78 is 17.2. The molecule has 0 radical (unpaired) electrons. The number of ether oxygens (including phenoxy) is 2. The largest absolute Gasteiger partial charge is 0.494 e. The van der Waals surface area contributed by atoms with Crippen molar-refractivity contribution in [3.63, 3.8) is 0 Å². The highest BCUT2D eigenvalue weighted by Gasteiger charge is 2.56. The third-order valence-corrected chi connectivity index (χ3v) is 7.36. The van der Waals surface area contributed by atoms with E-state index in [0.717, 1.165) is 21.7 Å². The maximum absolute atomic E-state index is 13.7. The molecule has 0 aliphatic carbocycles. The van der Waals surface area contributed by atoms with E-state index in [1.165, 1.54) is 13.2 Å². The zero-order chi connectivity index (χ0) is 25.6. The topological polar surface area (TPSA) is 143 Å². The lowest BCUT2D eigenvalue weighted by molar-refractivity contribution is -0.118. The van der Waals surface area contributed by atoms with Crippen LogP contribution in [-0.2, 0) is 10.2 Å². The monoisotopic (exact) mass is 490 g/mol. The van der Waals surface area contributed by atoms with E-state index in [0.29, 0.717) is 44.9 Å². The van der Waals surface area contributed by atoms with Crippen LogP contribution in [0.15, 0.2) is 69.2 Å². The summed E-state index contributed by atoms with van der Waals surface area (Å²) in [5.41, 5.74) is 8.51. The average molecular weight is 490 g/mol. The highest BCUT2D eigenvalue weighted by atomic mass is 16.5. The molecule has 1 amide bonds. The van der Waals surface area contributed by atoms with Gasteiger partial charge in [-0.05, 0) is 18.6 Å². The molecule has 4 N–H and O–H groups in total. The lowest BCUT2D eigenvalue weighted by Crippen LogP contribution is -2.42. The van der Waals surface area contributed by atoms with Crippen molar-refractivity contribution < 1.29 is 18.7 Å². The second-order valence-corrected chi connectivity index (χ2v) is 9.14. The SMILES string of the molecule is COc1cc2oc(=O)cc(C)c2c2c1[nH]c1c3c(ccc12)C1(C(=O)Nc2ccccc21)C(C#N)=C(N)O3. The Balaban J connectivity index is 1.66. The van der Waals surface area contributed by atoms with Gasteiger partial charge in [-0.15, -0.1) is 0 Å². The van der Waals surface area contributed by atoms with Crippen LogP contribution in [0.3, 0.4) is 0 Å².